The Balaban J connectivity index is 1.98. The van der Waals surface area contributed by atoms with Crippen molar-refractivity contribution in [2.24, 2.45) is 0 Å². The lowest BCUT2D eigenvalue weighted by Crippen LogP contribution is -2.53. The summed E-state index contributed by atoms with van der Waals surface area (Å²) in [5.41, 5.74) is 0.820. The third kappa shape index (κ3) is 7.69. The van der Waals surface area contributed by atoms with Crippen LogP contribution in [0.15, 0.2) is 79.4 Å². The normalized spacial score (nSPS) is 12.5. The lowest BCUT2D eigenvalue weighted by molar-refractivity contribution is -0.140. The van der Waals surface area contributed by atoms with Gasteiger partial charge in [-0.3, -0.25) is 9.59 Å². The summed E-state index contributed by atoms with van der Waals surface area (Å²) in [5, 5.41) is 17.2. The molecule has 0 aliphatic carbocycles. The summed E-state index contributed by atoms with van der Waals surface area (Å²) >= 11 is 0. The highest BCUT2D eigenvalue weighted by atomic mass is 16.6. The highest BCUT2D eigenvalue weighted by Gasteiger charge is 2.35. The second-order valence-corrected chi connectivity index (χ2v) is 9.88. The van der Waals surface area contributed by atoms with E-state index in [-0.39, 0.29) is 6.54 Å². The number of rotatable bonds is 9. The van der Waals surface area contributed by atoms with Gasteiger partial charge < -0.3 is 25.4 Å². The number of alkyl carbamates (subject to hydrolysis) is 1. The molecular formula is C31H33N3O5. The van der Waals surface area contributed by atoms with Crippen molar-refractivity contribution in [3.05, 3.63) is 90.5 Å². The molecule has 0 saturated heterocycles. The average molecular weight is 528 g/mol. The van der Waals surface area contributed by atoms with Crippen LogP contribution in [-0.4, -0.2) is 52.7 Å². The molecule has 0 aliphatic heterocycles. The first-order chi connectivity index (χ1) is 18.6. The highest BCUT2D eigenvalue weighted by Crippen LogP contribution is 2.26. The maximum atomic E-state index is 13.8. The van der Waals surface area contributed by atoms with Gasteiger partial charge in [-0.25, -0.2) is 4.79 Å². The Morgan fingerprint density at radius 2 is 1.74 bits per heavy atom. The zero-order valence-electron chi connectivity index (χ0n) is 22.3. The third-order valence-electron chi connectivity index (χ3n) is 5.75. The van der Waals surface area contributed by atoms with Crippen LogP contribution in [0.5, 0.6) is 0 Å². The molecule has 3 aromatic carbocycles. The van der Waals surface area contributed by atoms with Crippen LogP contribution in [0, 0.1) is 12.3 Å². The predicted octanol–water partition coefficient (Wildman–Crippen LogP) is 4.40. The monoisotopic (exact) mass is 527 g/mol. The largest absolute Gasteiger partial charge is 0.444 e. The van der Waals surface area contributed by atoms with Gasteiger partial charge in [0.1, 0.15) is 17.7 Å². The van der Waals surface area contributed by atoms with Crippen molar-refractivity contribution >= 4 is 34.4 Å². The van der Waals surface area contributed by atoms with Crippen LogP contribution in [0.4, 0.5) is 10.5 Å². The fraction of sp³-hybridized carbons (Fsp3) is 0.258. The molecule has 0 fully saturated rings. The molecule has 2 atom stereocenters. The smallest absolute Gasteiger partial charge is 0.408 e. The molecule has 2 unspecified atom stereocenters. The molecule has 0 radical (unpaired) electrons. The number of anilines is 1. The van der Waals surface area contributed by atoms with Gasteiger partial charge in [-0.05, 0) is 61.4 Å². The Labute approximate surface area is 228 Å². The van der Waals surface area contributed by atoms with Crippen LogP contribution >= 0.6 is 0 Å². The molecule has 8 heteroatoms. The number of aliphatic hydroxyl groups excluding tert-OH is 1. The van der Waals surface area contributed by atoms with Gasteiger partial charge in [0.25, 0.3) is 5.91 Å². The molecule has 202 valence electrons. The summed E-state index contributed by atoms with van der Waals surface area (Å²) in [6.45, 7) is 8.02. The second kappa shape index (κ2) is 12.8. The van der Waals surface area contributed by atoms with Gasteiger partial charge in [-0.2, -0.15) is 0 Å². The van der Waals surface area contributed by atoms with E-state index in [9.17, 15) is 19.5 Å². The standard InChI is InChI=1S/C31H33N3O5/c1-6-18-34(29(37)26(20-35)33-30(38)39-31(3,4)5)27(23-14-12-21(7-2)13-15-23)28(36)32-25-17-16-22-10-8-9-11-24(22)19-25/h2,6,8-17,19,26-27,35H,1,18,20H2,3-5H3,(H,32,36)(H,33,38). The number of hydrogen-bond acceptors (Lipinski definition) is 5. The number of carbonyl (C=O) groups is 3. The first kappa shape index (κ1) is 29.0. The van der Waals surface area contributed by atoms with Gasteiger partial charge in [0.15, 0.2) is 0 Å². The summed E-state index contributed by atoms with van der Waals surface area (Å²) in [7, 11) is 0. The van der Waals surface area contributed by atoms with Gasteiger partial charge in [0.2, 0.25) is 5.91 Å². The zero-order chi connectivity index (χ0) is 28.6. The predicted molar refractivity (Wildman–Crippen MR) is 152 cm³/mol. The lowest BCUT2D eigenvalue weighted by Gasteiger charge is -2.33. The van der Waals surface area contributed by atoms with E-state index in [1.165, 1.54) is 11.0 Å². The summed E-state index contributed by atoms with van der Waals surface area (Å²) in [4.78, 5) is 41.1. The third-order valence-corrected chi connectivity index (χ3v) is 5.75. The Bertz CT molecular complexity index is 1390. The van der Waals surface area contributed by atoms with Crippen molar-refractivity contribution in [1.29, 1.82) is 0 Å². The van der Waals surface area contributed by atoms with Gasteiger partial charge in [-0.1, -0.05) is 54.5 Å². The number of nitrogens with one attached hydrogen (secondary N) is 2. The highest BCUT2D eigenvalue weighted by molar-refractivity contribution is 6.00. The maximum absolute atomic E-state index is 13.8. The number of fused-ring (bicyclic) bond motifs is 1. The topological polar surface area (TPSA) is 108 Å². The summed E-state index contributed by atoms with van der Waals surface area (Å²) in [6, 6.07) is 17.4. The molecule has 8 nitrogen and oxygen atoms in total. The first-order valence-corrected chi connectivity index (χ1v) is 12.4. The Hall–Kier alpha value is -4.61. The zero-order valence-corrected chi connectivity index (χ0v) is 22.3. The van der Waals surface area contributed by atoms with E-state index in [1.807, 2.05) is 36.4 Å². The molecular weight excluding hydrogens is 494 g/mol. The lowest BCUT2D eigenvalue weighted by atomic mass is 10.0. The average Bonchev–Trinajstić information content (AvgIpc) is 2.90. The molecule has 0 aromatic heterocycles. The van der Waals surface area contributed by atoms with Crippen LogP contribution < -0.4 is 10.6 Å². The Morgan fingerprint density at radius 1 is 1.08 bits per heavy atom. The molecule has 0 spiro atoms. The number of terminal acetylenes is 1. The molecule has 3 rings (SSSR count). The van der Waals surface area contributed by atoms with Crippen molar-refractivity contribution in [3.63, 3.8) is 0 Å². The quantitative estimate of drug-likeness (QED) is 0.282. The van der Waals surface area contributed by atoms with Crippen LogP contribution in [0.3, 0.4) is 0 Å². The fourth-order valence-electron chi connectivity index (χ4n) is 4.01. The van der Waals surface area contributed by atoms with Crippen LogP contribution in [0.25, 0.3) is 10.8 Å². The molecule has 0 bridgehead atoms. The Kier molecular flexibility index (Phi) is 9.47. The molecule has 0 saturated carbocycles. The van der Waals surface area contributed by atoms with Gasteiger partial charge >= 0.3 is 6.09 Å². The Morgan fingerprint density at radius 3 is 2.33 bits per heavy atom. The molecule has 0 heterocycles. The number of amides is 3. The summed E-state index contributed by atoms with van der Waals surface area (Å²) < 4.78 is 5.24. The maximum Gasteiger partial charge on any atom is 0.408 e. The number of aliphatic hydroxyl groups is 1. The molecule has 3 N–H and O–H groups in total. The number of nitrogens with zero attached hydrogens (tertiary/aromatic N) is 1. The SMILES string of the molecule is C#Cc1ccc(C(C(=O)Nc2ccc3ccccc3c2)N(CC=C)C(=O)C(CO)NC(=O)OC(C)(C)C)cc1. The molecule has 3 amide bonds. The summed E-state index contributed by atoms with van der Waals surface area (Å²) in [5.74, 6) is 1.34. The number of carbonyl (C=O) groups excluding carboxylic acids is 3. The molecule has 3 aromatic rings. The van der Waals surface area contributed by atoms with E-state index in [0.717, 1.165) is 10.8 Å². The van der Waals surface area contributed by atoms with Crippen LogP contribution in [-0.2, 0) is 14.3 Å². The van der Waals surface area contributed by atoms with Crippen LogP contribution in [0.1, 0.15) is 37.9 Å². The van der Waals surface area contributed by atoms with Gasteiger partial charge in [-0.15, -0.1) is 13.0 Å². The van der Waals surface area contributed by atoms with E-state index >= 15 is 0 Å². The van der Waals surface area contributed by atoms with Gasteiger partial charge in [0, 0.05) is 17.8 Å². The molecule has 39 heavy (non-hydrogen) atoms. The minimum absolute atomic E-state index is 0.0436. The van der Waals surface area contributed by atoms with E-state index in [4.69, 9.17) is 11.2 Å². The minimum Gasteiger partial charge on any atom is -0.444 e. The number of benzene rings is 3. The van der Waals surface area contributed by atoms with Crippen molar-refractivity contribution in [2.75, 3.05) is 18.5 Å². The second-order valence-electron chi connectivity index (χ2n) is 9.88. The van der Waals surface area contributed by atoms with Crippen molar-refractivity contribution in [1.82, 2.24) is 10.2 Å². The van der Waals surface area contributed by atoms with Gasteiger partial charge in [0.05, 0.1) is 6.61 Å². The van der Waals surface area contributed by atoms with E-state index in [1.54, 1.807) is 51.1 Å². The fourth-order valence-corrected chi connectivity index (χ4v) is 4.01. The van der Waals surface area contributed by atoms with Crippen molar-refractivity contribution in [2.45, 2.75) is 38.5 Å². The van der Waals surface area contributed by atoms with E-state index < -0.39 is 42.2 Å². The van der Waals surface area contributed by atoms with Crippen molar-refractivity contribution in [3.8, 4) is 12.3 Å². The number of ether oxygens (including phenoxy) is 1. The number of hydrogen-bond donors (Lipinski definition) is 3. The van der Waals surface area contributed by atoms with E-state index in [0.29, 0.717) is 16.8 Å². The first-order valence-electron chi connectivity index (χ1n) is 12.4. The van der Waals surface area contributed by atoms with E-state index in [2.05, 4.69) is 23.1 Å². The summed E-state index contributed by atoms with van der Waals surface area (Å²) in [6.07, 6.45) is 6.09. The van der Waals surface area contributed by atoms with Crippen molar-refractivity contribution < 1.29 is 24.2 Å². The molecule has 0 aliphatic rings. The minimum atomic E-state index is -1.36. The van der Waals surface area contributed by atoms with Crippen LogP contribution in [0.2, 0.25) is 0 Å².